The minimum Gasteiger partial charge on any atom is -0.298 e. The van der Waals surface area contributed by atoms with Crippen LogP contribution in [-0.2, 0) is 13.6 Å². The second-order valence-corrected chi connectivity index (χ2v) is 5.86. The van der Waals surface area contributed by atoms with E-state index in [0.29, 0.717) is 6.04 Å². The summed E-state index contributed by atoms with van der Waals surface area (Å²) in [6.45, 7) is 10.1. The van der Waals surface area contributed by atoms with Crippen LogP contribution in [0.1, 0.15) is 19.5 Å². The highest BCUT2D eigenvalue weighted by atomic mass is 79.9. The molecule has 0 saturated carbocycles. The number of nitrogens with zero attached hydrogens (tertiary/aromatic N) is 4. The number of halogens is 1. The molecule has 0 aliphatic carbocycles. The van der Waals surface area contributed by atoms with Crippen molar-refractivity contribution in [1.29, 1.82) is 0 Å². The highest BCUT2D eigenvalue weighted by molar-refractivity contribution is 9.10. The first kappa shape index (κ1) is 13.1. The molecule has 0 bridgehead atoms. The second kappa shape index (κ2) is 5.50. The molecule has 0 atom stereocenters. The molecule has 1 fully saturated rings. The van der Waals surface area contributed by atoms with Crippen molar-refractivity contribution in [3.8, 4) is 0 Å². The summed E-state index contributed by atoms with van der Waals surface area (Å²) < 4.78 is 2.98. The molecule has 1 saturated heterocycles. The number of aromatic nitrogens is 2. The molecule has 0 aromatic carbocycles. The van der Waals surface area contributed by atoms with Crippen molar-refractivity contribution < 1.29 is 0 Å². The Labute approximate surface area is 112 Å². The minimum absolute atomic E-state index is 0.665. The molecule has 0 spiro atoms. The van der Waals surface area contributed by atoms with Gasteiger partial charge in [-0.25, -0.2) is 0 Å². The second-order valence-electron chi connectivity index (χ2n) is 5.00. The van der Waals surface area contributed by atoms with Gasteiger partial charge < -0.3 is 0 Å². The summed E-state index contributed by atoms with van der Waals surface area (Å²) >= 11 is 3.56. The molecule has 4 nitrogen and oxygen atoms in total. The lowest BCUT2D eigenvalue weighted by atomic mass is 10.2. The standard InChI is InChI=1S/C12H21BrN4/c1-10(2)17-6-4-16(5-7-17)9-12-11(13)8-15(3)14-12/h8,10H,4-7,9H2,1-3H3. The maximum absolute atomic E-state index is 4.47. The fraction of sp³-hybridized carbons (Fsp3) is 0.750. The van der Waals surface area contributed by atoms with Crippen LogP contribution in [0, 0.1) is 0 Å². The molecule has 17 heavy (non-hydrogen) atoms. The van der Waals surface area contributed by atoms with Crippen LogP contribution >= 0.6 is 15.9 Å². The molecule has 96 valence electrons. The van der Waals surface area contributed by atoms with Gasteiger partial charge in [-0.1, -0.05) is 0 Å². The summed E-state index contributed by atoms with van der Waals surface area (Å²) in [6.07, 6.45) is 2.01. The first-order valence-electron chi connectivity index (χ1n) is 6.20. The zero-order valence-corrected chi connectivity index (χ0v) is 12.4. The van der Waals surface area contributed by atoms with E-state index in [1.54, 1.807) is 0 Å². The molecule has 5 heteroatoms. The Hall–Kier alpha value is -0.390. The smallest absolute Gasteiger partial charge is 0.0906 e. The van der Waals surface area contributed by atoms with Gasteiger partial charge in [0.1, 0.15) is 0 Å². The highest BCUT2D eigenvalue weighted by Crippen LogP contribution is 2.17. The summed E-state index contributed by atoms with van der Waals surface area (Å²) in [5.74, 6) is 0. The molecule has 0 amide bonds. The van der Waals surface area contributed by atoms with Gasteiger partial charge in [-0.3, -0.25) is 14.5 Å². The predicted octanol–water partition coefficient (Wildman–Crippen LogP) is 1.71. The van der Waals surface area contributed by atoms with E-state index in [0.717, 1.165) is 29.8 Å². The maximum Gasteiger partial charge on any atom is 0.0906 e. The van der Waals surface area contributed by atoms with Crippen LogP contribution in [0.3, 0.4) is 0 Å². The molecular weight excluding hydrogens is 280 g/mol. The van der Waals surface area contributed by atoms with Crippen molar-refractivity contribution in [1.82, 2.24) is 19.6 Å². The number of rotatable bonds is 3. The van der Waals surface area contributed by atoms with Gasteiger partial charge >= 0.3 is 0 Å². The first-order valence-corrected chi connectivity index (χ1v) is 7.00. The van der Waals surface area contributed by atoms with Crippen molar-refractivity contribution >= 4 is 15.9 Å². The van der Waals surface area contributed by atoms with Gasteiger partial charge in [0.15, 0.2) is 0 Å². The van der Waals surface area contributed by atoms with Gasteiger partial charge in [-0.15, -0.1) is 0 Å². The molecule has 0 radical (unpaired) electrons. The molecule has 1 aliphatic rings. The maximum atomic E-state index is 4.47. The van der Waals surface area contributed by atoms with E-state index in [-0.39, 0.29) is 0 Å². The lowest BCUT2D eigenvalue weighted by molar-refractivity contribution is 0.103. The molecule has 1 aliphatic heterocycles. The van der Waals surface area contributed by atoms with E-state index in [9.17, 15) is 0 Å². The van der Waals surface area contributed by atoms with Crippen LogP contribution in [0.5, 0.6) is 0 Å². The van der Waals surface area contributed by atoms with Gasteiger partial charge in [0, 0.05) is 52.0 Å². The fourth-order valence-corrected chi connectivity index (χ4v) is 2.76. The molecular formula is C12H21BrN4. The van der Waals surface area contributed by atoms with Crippen LogP contribution in [0.4, 0.5) is 0 Å². The van der Waals surface area contributed by atoms with E-state index < -0.39 is 0 Å². The predicted molar refractivity (Wildman–Crippen MR) is 72.9 cm³/mol. The van der Waals surface area contributed by atoms with Crippen molar-refractivity contribution in [3.63, 3.8) is 0 Å². The Bertz CT molecular complexity index is 367. The Kier molecular flexibility index (Phi) is 4.22. The molecule has 1 aromatic heterocycles. The number of hydrogen-bond acceptors (Lipinski definition) is 3. The van der Waals surface area contributed by atoms with Crippen molar-refractivity contribution in [2.75, 3.05) is 26.2 Å². The largest absolute Gasteiger partial charge is 0.298 e. The van der Waals surface area contributed by atoms with E-state index in [4.69, 9.17) is 0 Å². The Balaban J connectivity index is 1.88. The van der Waals surface area contributed by atoms with E-state index >= 15 is 0 Å². The van der Waals surface area contributed by atoms with Gasteiger partial charge in [0.2, 0.25) is 0 Å². The van der Waals surface area contributed by atoms with Crippen molar-refractivity contribution in [2.45, 2.75) is 26.4 Å². The Morgan fingerprint density at radius 1 is 1.29 bits per heavy atom. The van der Waals surface area contributed by atoms with Crippen molar-refractivity contribution in [3.05, 3.63) is 16.4 Å². The quantitative estimate of drug-likeness (QED) is 0.849. The number of piperazine rings is 1. The van der Waals surface area contributed by atoms with Crippen molar-refractivity contribution in [2.24, 2.45) is 7.05 Å². The molecule has 0 N–H and O–H groups in total. The van der Waals surface area contributed by atoms with E-state index in [1.807, 2.05) is 17.9 Å². The topological polar surface area (TPSA) is 24.3 Å². The number of aryl methyl sites for hydroxylation is 1. The molecule has 0 unspecified atom stereocenters. The summed E-state index contributed by atoms with van der Waals surface area (Å²) in [4.78, 5) is 5.01. The SMILES string of the molecule is CC(C)N1CCN(Cc2nn(C)cc2Br)CC1. The monoisotopic (exact) mass is 300 g/mol. The van der Waals surface area contributed by atoms with Gasteiger partial charge in [-0.05, 0) is 29.8 Å². The van der Waals surface area contributed by atoms with Crippen LogP contribution in [-0.4, -0.2) is 51.8 Å². The van der Waals surface area contributed by atoms with E-state index in [2.05, 4.69) is 44.7 Å². The third-order valence-electron chi connectivity index (χ3n) is 3.36. The average Bonchev–Trinajstić information content (AvgIpc) is 2.58. The summed E-state index contributed by atoms with van der Waals surface area (Å²) in [5.41, 5.74) is 1.14. The lowest BCUT2D eigenvalue weighted by Gasteiger charge is -2.36. The zero-order valence-electron chi connectivity index (χ0n) is 10.9. The van der Waals surface area contributed by atoms with E-state index in [1.165, 1.54) is 13.1 Å². The summed E-state index contributed by atoms with van der Waals surface area (Å²) in [5, 5.41) is 4.47. The minimum atomic E-state index is 0.665. The molecule has 2 heterocycles. The summed E-state index contributed by atoms with van der Waals surface area (Å²) in [6, 6.07) is 0.665. The Morgan fingerprint density at radius 2 is 1.94 bits per heavy atom. The average molecular weight is 301 g/mol. The third-order valence-corrected chi connectivity index (χ3v) is 4.03. The fourth-order valence-electron chi connectivity index (χ4n) is 2.26. The van der Waals surface area contributed by atoms with Gasteiger partial charge in [0.25, 0.3) is 0 Å². The molecule has 2 rings (SSSR count). The number of hydrogen-bond donors (Lipinski definition) is 0. The normalized spacial score (nSPS) is 19.1. The molecule has 1 aromatic rings. The highest BCUT2D eigenvalue weighted by Gasteiger charge is 2.20. The van der Waals surface area contributed by atoms with Crippen LogP contribution in [0.2, 0.25) is 0 Å². The van der Waals surface area contributed by atoms with Gasteiger partial charge in [0.05, 0.1) is 10.2 Å². The van der Waals surface area contributed by atoms with Gasteiger partial charge in [-0.2, -0.15) is 5.10 Å². The zero-order chi connectivity index (χ0) is 12.4. The first-order chi connectivity index (χ1) is 8.06. The van der Waals surface area contributed by atoms with Crippen LogP contribution in [0.25, 0.3) is 0 Å². The van der Waals surface area contributed by atoms with Crippen LogP contribution < -0.4 is 0 Å². The Morgan fingerprint density at radius 3 is 2.41 bits per heavy atom. The van der Waals surface area contributed by atoms with Crippen LogP contribution in [0.15, 0.2) is 10.7 Å². The lowest BCUT2D eigenvalue weighted by Crippen LogP contribution is -2.48. The third kappa shape index (κ3) is 3.30. The summed E-state index contributed by atoms with van der Waals surface area (Å²) in [7, 11) is 1.96.